The normalized spacial score (nSPS) is 10.4. The minimum atomic E-state index is -0.257. The van der Waals surface area contributed by atoms with Crippen molar-refractivity contribution >= 4 is 27.4 Å². The van der Waals surface area contributed by atoms with Gasteiger partial charge >= 0.3 is 0 Å². The van der Waals surface area contributed by atoms with Crippen molar-refractivity contribution < 1.29 is 4.39 Å². The minimum absolute atomic E-state index is 0.257. The summed E-state index contributed by atoms with van der Waals surface area (Å²) in [7, 11) is 0. The van der Waals surface area contributed by atoms with Crippen LogP contribution in [0.4, 0.5) is 15.9 Å². The maximum Gasteiger partial charge on any atom is 0.133 e. The van der Waals surface area contributed by atoms with Gasteiger partial charge in [-0.2, -0.15) is 0 Å². The molecular weight excluding hydrogens is 283 g/mol. The number of nitrogens with one attached hydrogen (secondary N) is 1. The Morgan fingerprint density at radius 2 is 1.94 bits per heavy atom. The Bertz CT molecular complexity index is 555. The molecule has 4 heteroatoms. The van der Waals surface area contributed by atoms with Gasteiger partial charge in [-0.25, -0.2) is 9.37 Å². The van der Waals surface area contributed by atoms with Gasteiger partial charge in [-0.1, -0.05) is 6.07 Å². The highest BCUT2D eigenvalue weighted by Crippen LogP contribution is 2.23. The molecule has 88 valence electrons. The lowest BCUT2D eigenvalue weighted by atomic mass is 10.2. The van der Waals surface area contributed by atoms with Crippen molar-refractivity contribution in [2.75, 3.05) is 5.32 Å². The van der Waals surface area contributed by atoms with Crippen LogP contribution in [0.1, 0.15) is 11.1 Å². The van der Waals surface area contributed by atoms with Crippen molar-refractivity contribution in [2.45, 2.75) is 13.8 Å². The lowest BCUT2D eigenvalue weighted by molar-refractivity contribution is 0.628. The first-order valence-corrected chi connectivity index (χ1v) is 6.01. The number of hydrogen-bond acceptors (Lipinski definition) is 2. The Kier molecular flexibility index (Phi) is 3.43. The first-order chi connectivity index (χ1) is 8.06. The van der Waals surface area contributed by atoms with E-state index >= 15 is 0 Å². The SMILES string of the molecule is Cc1ccc(F)cc1Nc1ncc(Br)cc1C. The van der Waals surface area contributed by atoms with Crippen LogP contribution in [-0.4, -0.2) is 4.98 Å². The van der Waals surface area contributed by atoms with Crippen LogP contribution in [0, 0.1) is 19.7 Å². The molecule has 0 aliphatic carbocycles. The van der Waals surface area contributed by atoms with Crippen molar-refractivity contribution in [3.63, 3.8) is 0 Å². The van der Waals surface area contributed by atoms with E-state index in [0.717, 1.165) is 27.1 Å². The summed E-state index contributed by atoms with van der Waals surface area (Å²) in [5.41, 5.74) is 2.72. The number of pyridine rings is 1. The topological polar surface area (TPSA) is 24.9 Å². The molecule has 0 amide bonds. The second-order valence-corrected chi connectivity index (χ2v) is 4.82. The third-order valence-electron chi connectivity index (χ3n) is 2.50. The lowest BCUT2D eigenvalue weighted by Crippen LogP contribution is -1.98. The van der Waals surface area contributed by atoms with E-state index in [9.17, 15) is 4.39 Å². The van der Waals surface area contributed by atoms with Gasteiger partial charge in [-0.3, -0.25) is 0 Å². The van der Waals surface area contributed by atoms with E-state index in [2.05, 4.69) is 26.2 Å². The molecule has 0 unspecified atom stereocenters. The molecule has 0 fully saturated rings. The zero-order chi connectivity index (χ0) is 12.4. The van der Waals surface area contributed by atoms with Crippen LogP contribution in [0.2, 0.25) is 0 Å². The predicted molar refractivity (Wildman–Crippen MR) is 71.1 cm³/mol. The van der Waals surface area contributed by atoms with Crippen LogP contribution in [0.25, 0.3) is 0 Å². The highest BCUT2D eigenvalue weighted by Gasteiger charge is 2.04. The van der Waals surface area contributed by atoms with Crippen LogP contribution in [-0.2, 0) is 0 Å². The zero-order valence-corrected chi connectivity index (χ0v) is 11.2. The van der Waals surface area contributed by atoms with Crippen molar-refractivity contribution in [2.24, 2.45) is 0 Å². The third-order valence-corrected chi connectivity index (χ3v) is 2.93. The average Bonchev–Trinajstić information content (AvgIpc) is 2.27. The zero-order valence-electron chi connectivity index (χ0n) is 9.59. The second-order valence-electron chi connectivity index (χ2n) is 3.90. The molecule has 0 bridgehead atoms. The molecule has 2 rings (SSSR count). The van der Waals surface area contributed by atoms with E-state index in [-0.39, 0.29) is 5.82 Å². The molecule has 0 aliphatic rings. The van der Waals surface area contributed by atoms with Crippen LogP contribution >= 0.6 is 15.9 Å². The Labute approximate surface area is 108 Å². The summed E-state index contributed by atoms with van der Waals surface area (Å²) in [6, 6.07) is 6.62. The number of anilines is 2. The quantitative estimate of drug-likeness (QED) is 0.891. The average molecular weight is 295 g/mol. The molecule has 2 nitrogen and oxygen atoms in total. The monoisotopic (exact) mass is 294 g/mol. The van der Waals surface area contributed by atoms with E-state index in [0.29, 0.717) is 0 Å². The first kappa shape index (κ1) is 12.0. The molecule has 0 atom stereocenters. The molecular formula is C13H12BrFN2. The van der Waals surface area contributed by atoms with Crippen molar-refractivity contribution in [1.29, 1.82) is 0 Å². The second kappa shape index (κ2) is 4.84. The van der Waals surface area contributed by atoms with Crippen molar-refractivity contribution in [3.8, 4) is 0 Å². The van der Waals surface area contributed by atoms with Gasteiger partial charge in [0.05, 0.1) is 0 Å². The largest absolute Gasteiger partial charge is 0.340 e. The molecule has 1 aromatic carbocycles. The molecule has 17 heavy (non-hydrogen) atoms. The molecule has 1 heterocycles. The van der Waals surface area contributed by atoms with Crippen LogP contribution in [0.3, 0.4) is 0 Å². The van der Waals surface area contributed by atoms with Gasteiger partial charge in [0, 0.05) is 16.4 Å². The van der Waals surface area contributed by atoms with Crippen LogP contribution < -0.4 is 5.32 Å². The molecule has 1 aromatic heterocycles. The summed E-state index contributed by atoms with van der Waals surface area (Å²) in [5.74, 6) is 0.481. The molecule has 0 aliphatic heterocycles. The van der Waals surface area contributed by atoms with E-state index in [1.165, 1.54) is 12.1 Å². The summed E-state index contributed by atoms with van der Waals surface area (Å²) in [6.07, 6.45) is 1.71. The van der Waals surface area contributed by atoms with Gasteiger partial charge in [-0.15, -0.1) is 0 Å². The summed E-state index contributed by atoms with van der Waals surface area (Å²) in [4.78, 5) is 4.26. The van der Waals surface area contributed by atoms with Crippen molar-refractivity contribution in [3.05, 3.63) is 51.9 Å². The molecule has 0 radical (unpaired) electrons. The van der Waals surface area contributed by atoms with Gasteiger partial charge in [0.1, 0.15) is 11.6 Å². The summed E-state index contributed by atoms with van der Waals surface area (Å²) >= 11 is 3.36. The van der Waals surface area contributed by atoms with Gasteiger partial charge < -0.3 is 5.32 Å². The van der Waals surface area contributed by atoms with Gasteiger partial charge in [-0.05, 0) is 59.1 Å². The fourth-order valence-electron chi connectivity index (χ4n) is 1.53. The van der Waals surface area contributed by atoms with Crippen molar-refractivity contribution in [1.82, 2.24) is 4.98 Å². The first-order valence-electron chi connectivity index (χ1n) is 5.21. The maximum atomic E-state index is 13.1. The summed E-state index contributed by atoms with van der Waals surface area (Å²) in [6.45, 7) is 3.88. The van der Waals surface area contributed by atoms with Gasteiger partial charge in [0.2, 0.25) is 0 Å². The van der Waals surface area contributed by atoms with Crippen LogP contribution in [0.15, 0.2) is 34.9 Å². The maximum absolute atomic E-state index is 13.1. The number of benzene rings is 1. The van der Waals surface area contributed by atoms with E-state index in [4.69, 9.17) is 0 Å². The fourth-order valence-corrected chi connectivity index (χ4v) is 1.97. The number of hydrogen-bond donors (Lipinski definition) is 1. The van der Waals surface area contributed by atoms with E-state index in [1.807, 2.05) is 19.9 Å². The van der Waals surface area contributed by atoms with E-state index < -0.39 is 0 Å². The minimum Gasteiger partial charge on any atom is -0.340 e. The Morgan fingerprint density at radius 1 is 1.18 bits per heavy atom. The Balaban J connectivity index is 2.34. The number of rotatable bonds is 2. The summed E-state index contributed by atoms with van der Waals surface area (Å²) in [5, 5.41) is 3.14. The highest BCUT2D eigenvalue weighted by atomic mass is 79.9. The molecule has 0 saturated carbocycles. The smallest absolute Gasteiger partial charge is 0.133 e. The molecule has 0 saturated heterocycles. The third kappa shape index (κ3) is 2.82. The number of aromatic nitrogens is 1. The fraction of sp³-hybridized carbons (Fsp3) is 0.154. The Hall–Kier alpha value is -1.42. The highest BCUT2D eigenvalue weighted by molar-refractivity contribution is 9.10. The number of aryl methyl sites for hydroxylation is 2. The van der Waals surface area contributed by atoms with Gasteiger partial charge in [0.25, 0.3) is 0 Å². The molecule has 1 N–H and O–H groups in total. The van der Waals surface area contributed by atoms with Gasteiger partial charge in [0.15, 0.2) is 0 Å². The summed E-state index contributed by atoms with van der Waals surface area (Å²) < 4.78 is 14.1. The predicted octanol–water partition coefficient (Wildman–Crippen LogP) is 4.34. The lowest BCUT2D eigenvalue weighted by Gasteiger charge is -2.11. The Morgan fingerprint density at radius 3 is 2.65 bits per heavy atom. The van der Waals surface area contributed by atoms with Crippen LogP contribution in [0.5, 0.6) is 0 Å². The standard InChI is InChI=1S/C13H12BrFN2/c1-8-3-4-11(15)6-12(8)17-13-9(2)5-10(14)7-16-13/h3-7H,1-2H3,(H,16,17). The number of nitrogens with zero attached hydrogens (tertiary/aromatic N) is 1. The van der Waals surface area contributed by atoms with E-state index in [1.54, 1.807) is 12.3 Å². The number of halogens is 2. The molecule has 0 spiro atoms. The molecule has 2 aromatic rings.